The van der Waals surface area contributed by atoms with E-state index in [9.17, 15) is 0 Å². The van der Waals surface area contributed by atoms with Crippen molar-refractivity contribution in [2.75, 3.05) is 5.32 Å². The molecule has 0 bridgehead atoms. The lowest BCUT2D eigenvalue weighted by atomic mass is 10.1. The van der Waals surface area contributed by atoms with Crippen LogP contribution in [0.3, 0.4) is 0 Å². The maximum absolute atomic E-state index is 6.00. The molecule has 2 heterocycles. The number of rotatable bonds is 3. The average molecular weight is 289 g/mol. The number of aromatic amines is 1. The fourth-order valence-corrected chi connectivity index (χ4v) is 2.69. The number of fused-ring (bicyclic) bond motifs is 1. The van der Waals surface area contributed by atoms with Crippen molar-refractivity contribution < 1.29 is 0 Å². The number of aryl methyl sites for hydroxylation is 2. The van der Waals surface area contributed by atoms with Gasteiger partial charge in [0, 0.05) is 35.7 Å². The van der Waals surface area contributed by atoms with Crippen LogP contribution >= 0.6 is 11.6 Å². The van der Waals surface area contributed by atoms with Crippen molar-refractivity contribution >= 4 is 28.2 Å². The fraction of sp³-hybridized carbons (Fsp3) is 0.267. The maximum Gasteiger partial charge on any atom is 0.0827 e. The van der Waals surface area contributed by atoms with Crippen LogP contribution in [-0.4, -0.2) is 14.8 Å². The summed E-state index contributed by atoms with van der Waals surface area (Å²) in [6.07, 6.45) is 2.02. The number of anilines is 1. The second-order valence-corrected chi connectivity index (χ2v) is 5.46. The Morgan fingerprint density at radius 3 is 2.85 bits per heavy atom. The number of nitrogens with one attached hydrogen (secondary N) is 2. The maximum atomic E-state index is 6.00. The minimum atomic E-state index is 0.748. The summed E-state index contributed by atoms with van der Waals surface area (Å²) in [4.78, 5) is 3.25. The van der Waals surface area contributed by atoms with Crippen molar-refractivity contribution in [3.63, 3.8) is 0 Å². The molecular formula is C15H17ClN4. The van der Waals surface area contributed by atoms with Crippen LogP contribution < -0.4 is 5.32 Å². The van der Waals surface area contributed by atoms with Gasteiger partial charge in [0.1, 0.15) is 0 Å². The Morgan fingerprint density at radius 1 is 1.35 bits per heavy atom. The summed E-state index contributed by atoms with van der Waals surface area (Å²) in [7, 11) is 1.96. The fourth-order valence-electron chi connectivity index (χ4n) is 2.52. The minimum absolute atomic E-state index is 0.748. The Morgan fingerprint density at radius 2 is 2.15 bits per heavy atom. The van der Waals surface area contributed by atoms with Gasteiger partial charge in [-0.2, -0.15) is 5.10 Å². The molecule has 20 heavy (non-hydrogen) atoms. The van der Waals surface area contributed by atoms with Crippen LogP contribution in [0.2, 0.25) is 5.02 Å². The quantitative estimate of drug-likeness (QED) is 0.770. The Hall–Kier alpha value is -1.94. The Labute approximate surface area is 122 Å². The largest absolute Gasteiger partial charge is 0.378 e. The second kappa shape index (κ2) is 4.87. The Kier molecular flexibility index (Phi) is 3.18. The predicted octanol–water partition coefficient (Wildman–Crippen LogP) is 3.78. The van der Waals surface area contributed by atoms with E-state index in [1.807, 2.05) is 43.0 Å². The van der Waals surface area contributed by atoms with E-state index in [4.69, 9.17) is 11.6 Å². The molecule has 1 aromatic carbocycles. The van der Waals surface area contributed by atoms with Crippen LogP contribution in [0, 0.1) is 13.8 Å². The predicted molar refractivity (Wildman–Crippen MR) is 83.3 cm³/mol. The van der Waals surface area contributed by atoms with E-state index < -0.39 is 0 Å². The number of benzene rings is 1. The first-order valence-corrected chi connectivity index (χ1v) is 6.93. The van der Waals surface area contributed by atoms with Crippen molar-refractivity contribution in [3.8, 4) is 0 Å². The van der Waals surface area contributed by atoms with E-state index in [0.29, 0.717) is 0 Å². The second-order valence-electron chi connectivity index (χ2n) is 5.03. The zero-order chi connectivity index (χ0) is 14.3. The summed E-state index contributed by atoms with van der Waals surface area (Å²) in [5.74, 6) is 0. The highest BCUT2D eigenvalue weighted by Crippen LogP contribution is 2.24. The van der Waals surface area contributed by atoms with Gasteiger partial charge in [-0.05, 0) is 31.5 Å². The highest BCUT2D eigenvalue weighted by atomic mass is 35.5. The lowest BCUT2D eigenvalue weighted by Gasteiger charge is -2.06. The van der Waals surface area contributed by atoms with E-state index in [1.54, 1.807) is 0 Å². The monoisotopic (exact) mass is 288 g/mol. The first-order chi connectivity index (χ1) is 9.56. The SMILES string of the molecule is Cc1nn(C)c(C)c1NCc1c[nH]c2cc(Cl)ccc12. The lowest BCUT2D eigenvalue weighted by Crippen LogP contribution is -2.01. The first-order valence-electron chi connectivity index (χ1n) is 6.56. The summed E-state index contributed by atoms with van der Waals surface area (Å²) in [6.45, 7) is 4.84. The summed E-state index contributed by atoms with van der Waals surface area (Å²) in [5, 5.41) is 9.83. The van der Waals surface area contributed by atoms with E-state index in [0.717, 1.165) is 34.2 Å². The van der Waals surface area contributed by atoms with Crippen molar-refractivity contribution in [1.82, 2.24) is 14.8 Å². The van der Waals surface area contributed by atoms with Crippen molar-refractivity contribution in [1.29, 1.82) is 0 Å². The van der Waals surface area contributed by atoms with Gasteiger partial charge in [0.2, 0.25) is 0 Å². The van der Waals surface area contributed by atoms with Crippen LogP contribution in [0.4, 0.5) is 5.69 Å². The highest BCUT2D eigenvalue weighted by Gasteiger charge is 2.10. The molecular weight excluding hydrogens is 272 g/mol. The molecule has 0 radical (unpaired) electrons. The number of halogens is 1. The van der Waals surface area contributed by atoms with Gasteiger partial charge in [-0.1, -0.05) is 17.7 Å². The molecule has 0 aliphatic heterocycles. The summed E-state index contributed by atoms with van der Waals surface area (Å²) < 4.78 is 1.90. The molecule has 0 unspecified atom stereocenters. The average Bonchev–Trinajstić information content (AvgIpc) is 2.90. The van der Waals surface area contributed by atoms with Gasteiger partial charge in [0.25, 0.3) is 0 Å². The molecule has 2 N–H and O–H groups in total. The van der Waals surface area contributed by atoms with Gasteiger partial charge in [-0.3, -0.25) is 4.68 Å². The zero-order valence-corrected chi connectivity index (χ0v) is 12.5. The first kappa shape index (κ1) is 13.1. The molecule has 104 valence electrons. The third-order valence-electron chi connectivity index (χ3n) is 3.69. The molecule has 0 aliphatic carbocycles. The third kappa shape index (κ3) is 2.16. The normalized spacial score (nSPS) is 11.2. The number of H-pyrrole nitrogens is 1. The third-order valence-corrected chi connectivity index (χ3v) is 3.93. The van der Waals surface area contributed by atoms with Gasteiger partial charge >= 0.3 is 0 Å². The zero-order valence-electron chi connectivity index (χ0n) is 11.8. The molecule has 0 saturated heterocycles. The molecule has 3 aromatic rings. The Bertz CT molecular complexity index is 770. The van der Waals surface area contributed by atoms with Gasteiger partial charge in [0.15, 0.2) is 0 Å². The van der Waals surface area contributed by atoms with Crippen molar-refractivity contribution in [2.45, 2.75) is 20.4 Å². The van der Waals surface area contributed by atoms with E-state index in [1.165, 1.54) is 10.9 Å². The highest BCUT2D eigenvalue weighted by molar-refractivity contribution is 6.31. The van der Waals surface area contributed by atoms with Crippen LogP contribution in [0.15, 0.2) is 24.4 Å². The molecule has 0 atom stereocenters. The van der Waals surface area contributed by atoms with Crippen LogP contribution in [0.25, 0.3) is 10.9 Å². The van der Waals surface area contributed by atoms with Crippen LogP contribution in [0.5, 0.6) is 0 Å². The molecule has 5 heteroatoms. The van der Waals surface area contributed by atoms with E-state index in [2.05, 4.69) is 22.3 Å². The standard InChI is InChI=1S/C15H17ClN4/c1-9-15(10(2)20(3)19-9)18-8-11-7-17-14-6-12(16)4-5-13(11)14/h4-7,17-18H,8H2,1-3H3. The van der Waals surface area contributed by atoms with Gasteiger partial charge in [-0.25, -0.2) is 0 Å². The lowest BCUT2D eigenvalue weighted by molar-refractivity contribution is 0.731. The molecule has 2 aromatic heterocycles. The smallest absolute Gasteiger partial charge is 0.0827 e. The van der Waals surface area contributed by atoms with Crippen LogP contribution in [-0.2, 0) is 13.6 Å². The summed E-state index contributed by atoms with van der Waals surface area (Å²) in [5.41, 5.74) is 5.56. The molecule has 0 fully saturated rings. The number of hydrogen-bond acceptors (Lipinski definition) is 2. The number of hydrogen-bond donors (Lipinski definition) is 2. The Balaban J connectivity index is 1.87. The summed E-state index contributed by atoms with van der Waals surface area (Å²) >= 11 is 6.00. The van der Waals surface area contributed by atoms with Crippen LogP contribution in [0.1, 0.15) is 17.0 Å². The number of aromatic nitrogens is 3. The molecule has 0 spiro atoms. The topological polar surface area (TPSA) is 45.6 Å². The van der Waals surface area contributed by atoms with Gasteiger partial charge < -0.3 is 10.3 Å². The molecule has 3 rings (SSSR count). The van der Waals surface area contributed by atoms with Gasteiger partial charge in [0.05, 0.1) is 17.1 Å². The molecule has 0 aliphatic rings. The van der Waals surface area contributed by atoms with E-state index >= 15 is 0 Å². The summed E-state index contributed by atoms with van der Waals surface area (Å²) in [6, 6.07) is 5.91. The molecule has 0 amide bonds. The van der Waals surface area contributed by atoms with E-state index in [-0.39, 0.29) is 0 Å². The number of nitrogens with zero attached hydrogens (tertiary/aromatic N) is 2. The molecule has 4 nitrogen and oxygen atoms in total. The van der Waals surface area contributed by atoms with Crippen molar-refractivity contribution in [3.05, 3.63) is 46.4 Å². The minimum Gasteiger partial charge on any atom is -0.378 e. The molecule has 0 saturated carbocycles. The van der Waals surface area contributed by atoms with Gasteiger partial charge in [-0.15, -0.1) is 0 Å². The van der Waals surface area contributed by atoms with Crippen molar-refractivity contribution in [2.24, 2.45) is 7.05 Å².